The van der Waals surface area contributed by atoms with Gasteiger partial charge in [-0.1, -0.05) is 31.0 Å². The van der Waals surface area contributed by atoms with E-state index in [2.05, 4.69) is 22.5 Å². The third kappa shape index (κ3) is 7.76. The molecule has 0 atom stereocenters. The molecule has 21 heavy (non-hydrogen) atoms. The lowest BCUT2D eigenvalue weighted by molar-refractivity contribution is 0.336. The van der Waals surface area contributed by atoms with Gasteiger partial charge in [0.1, 0.15) is 5.75 Å². The highest BCUT2D eigenvalue weighted by molar-refractivity contribution is 14.0. The van der Waals surface area contributed by atoms with E-state index in [1.54, 1.807) is 7.05 Å². The third-order valence-electron chi connectivity index (χ3n) is 2.82. The average molecular weight is 426 g/mol. The van der Waals surface area contributed by atoms with E-state index >= 15 is 0 Å². The van der Waals surface area contributed by atoms with Crippen molar-refractivity contribution in [2.75, 3.05) is 20.2 Å². The van der Waals surface area contributed by atoms with E-state index in [1.807, 2.05) is 25.1 Å². The molecule has 1 aromatic carbocycles. The standard InChI is InChI=1S/C15H24ClN3O.HI/c1-4-6-9-18-15(17-3)19-11-12-7-8-13(16)10-14(12)20-5-2;/h7-8,10H,4-6,9,11H2,1-3H3,(H2,17,18,19);1H. The molecule has 0 aliphatic heterocycles. The predicted molar refractivity (Wildman–Crippen MR) is 101 cm³/mol. The van der Waals surface area contributed by atoms with Crippen molar-refractivity contribution in [3.63, 3.8) is 0 Å². The van der Waals surface area contributed by atoms with Crippen LogP contribution in [0, 0.1) is 0 Å². The summed E-state index contributed by atoms with van der Waals surface area (Å²) < 4.78 is 5.60. The van der Waals surface area contributed by atoms with Crippen LogP contribution in [0.15, 0.2) is 23.2 Å². The van der Waals surface area contributed by atoms with E-state index in [-0.39, 0.29) is 24.0 Å². The maximum Gasteiger partial charge on any atom is 0.191 e. The molecule has 0 radical (unpaired) electrons. The highest BCUT2D eigenvalue weighted by Gasteiger charge is 2.05. The zero-order valence-electron chi connectivity index (χ0n) is 12.9. The minimum absolute atomic E-state index is 0. The number of ether oxygens (including phenoxy) is 1. The Bertz CT molecular complexity index is 441. The summed E-state index contributed by atoms with van der Waals surface area (Å²) >= 11 is 5.99. The van der Waals surface area contributed by atoms with Crippen molar-refractivity contribution in [2.45, 2.75) is 33.2 Å². The number of nitrogens with one attached hydrogen (secondary N) is 2. The number of hydrogen-bond acceptors (Lipinski definition) is 2. The zero-order valence-corrected chi connectivity index (χ0v) is 16.0. The first-order valence-corrected chi connectivity index (χ1v) is 7.44. The number of rotatable bonds is 7. The molecule has 1 aromatic rings. The molecule has 6 heteroatoms. The zero-order chi connectivity index (χ0) is 14.8. The molecule has 0 heterocycles. The van der Waals surface area contributed by atoms with Crippen LogP contribution in [0.1, 0.15) is 32.3 Å². The first-order valence-electron chi connectivity index (χ1n) is 7.07. The molecule has 120 valence electrons. The number of benzene rings is 1. The van der Waals surface area contributed by atoms with Crippen LogP contribution < -0.4 is 15.4 Å². The van der Waals surface area contributed by atoms with Crippen molar-refractivity contribution in [1.29, 1.82) is 0 Å². The van der Waals surface area contributed by atoms with Crippen LogP contribution >= 0.6 is 35.6 Å². The Morgan fingerprint density at radius 1 is 1.29 bits per heavy atom. The number of guanidine groups is 1. The summed E-state index contributed by atoms with van der Waals surface area (Å²) in [6.07, 6.45) is 2.29. The van der Waals surface area contributed by atoms with Crippen LogP contribution in [0.2, 0.25) is 5.02 Å². The molecular weight excluding hydrogens is 401 g/mol. The van der Waals surface area contributed by atoms with Crippen molar-refractivity contribution < 1.29 is 4.74 Å². The lowest BCUT2D eigenvalue weighted by Gasteiger charge is -2.14. The van der Waals surface area contributed by atoms with E-state index in [9.17, 15) is 0 Å². The van der Waals surface area contributed by atoms with Gasteiger partial charge in [0.05, 0.1) is 6.61 Å². The van der Waals surface area contributed by atoms with Crippen molar-refractivity contribution in [1.82, 2.24) is 10.6 Å². The number of nitrogens with zero attached hydrogens (tertiary/aromatic N) is 1. The quantitative estimate of drug-likeness (QED) is 0.302. The SMILES string of the molecule is CCCCNC(=NC)NCc1ccc(Cl)cc1OCC.I. The molecule has 0 saturated heterocycles. The Labute approximate surface area is 149 Å². The monoisotopic (exact) mass is 425 g/mol. The molecular formula is C15H25ClIN3O. The summed E-state index contributed by atoms with van der Waals surface area (Å²) in [7, 11) is 1.77. The fraction of sp³-hybridized carbons (Fsp3) is 0.533. The first-order chi connectivity index (χ1) is 9.71. The highest BCUT2D eigenvalue weighted by Crippen LogP contribution is 2.23. The van der Waals surface area contributed by atoms with Crippen LogP contribution in [0.4, 0.5) is 0 Å². The van der Waals surface area contributed by atoms with E-state index in [0.29, 0.717) is 18.2 Å². The van der Waals surface area contributed by atoms with Gasteiger partial charge in [0.15, 0.2) is 5.96 Å². The Kier molecular flexibility index (Phi) is 11.5. The molecule has 0 amide bonds. The number of aliphatic imine (C=N–C) groups is 1. The van der Waals surface area contributed by atoms with Gasteiger partial charge >= 0.3 is 0 Å². The van der Waals surface area contributed by atoms with E-state index < -0.39 is 0 Å². The number of unbranched alkanes of at least 4 members (excludes halogenated alkanes) is 1. The van der Waals surface area contributed by atoms with E-state index in [1.165, 1.54) is 0 Å². The van der Waals surface area contributed by atoms with Crippen LogP contribution in [0.3, 0.4) is 0 Å². The molecule has 0 aliphatic carbocycles. The molecule has 0 bridgehead atoms. The van der Waals surface area contributed by atoms with Gasteiger partial charge < -0.3 is 15.4 Å². The second kappa shape index (κ2) is 11.9. The van der Waals surface area contributed by atoms with Gasteiger partial charge in [-0.15, -0.1) is 24.0 Å². The lowest BCUT2D eigenvalue weighted by Crippen LogP contribution is -2.37. The second-order valence-electron chi connectivity index (χ2n) is 4.39. The van der Waals surface area contributed by atoms with Gasteiger partial charge in [0.25, 0.3) is 0 Å². The molecule has 4 nitrogen and oxygen atoms in total. The van der Waals surface area contributed by atoms with Gasteiger partial charge in [-0.05, 0) is 25.5 Å². The maximum absolute atomic E-state index is 5.99. The molecule has 2 N–H and O–H groups in total. The maximum atomic E-state index is 5.99. The summed E-state index contributed by atoms with van der Waals surface area (Å²) in [5.41, 5.74) is 1.06. The van der Waals surface area contributed by atoms with Gasteiger partial charge in [-0.2, -0.15) is 0 Å². The topological polar surface area (TPSA) is 45.7 Å². The average Bonchev–Trinajstić information content (AvgIpc) is 2.44. The fourth-order valence-corrected chi connectivity index (χ4v) is 1.91. The summed E-state index contributed by atoms with van der Waals surface area (Å²) in [4.78, 5) is 4.20. The Hall–Kier alpha value is -0.690. The van der Waals surface area contributed by atoms with Crippen LogP contribution in [-0.4, -0.2) is 26.2 Å². The van der Waals surface area contributed by atoms with Crippen molar-refractivity contribution in [3.8, 4) is 5.75 Å². The summed E-state index contributed by atoms with van der Waals surface area (Å²) in [5, 5.41) is 7.24. The summed E-state index contributed by atoms with van der Waals surface area (Å²) in [6.45, 7) is 6.33. The lowest BCUT2D eigenvalue weighted by atomic mass is 10.2. The molecule has 0 unspecified atom stereocenters. The Balaban J connectivity index is 0.00000400. The predicted octanol–water partition coefficient (Wildman–Crippen LogP) is 3.82. The smallest absolute Gasteiger partial charge is 0.191 e. The first kappa shape index (κ1) is 20.3. The number of halogens is 2. The molecule has 0 fully saturated rings. The van der Waals surface area contributed by atoms with Gasteiger partial charge in [-0.3, -0.25) is 4.99 Å². The summed E-state index contributed by atoms with van der Waals surface area (Å²) in [6, 6.07) is 5.68. The molecule has 1 rings (SSSR count). The third-order valence-corrected chi connectivity index (χ3v) is 3.06. The van der Waals surface area contributed by atoms with Crippen molar-refractivity contribution in [3.05, 3.63) is 28.8 Å². The molecule has 0 spiro atoms. The largest absolute Gasteiger partial charge is 0.493 e. The second-order valence-corrected chi connectivity index (χ2v) is 4.83. The van der Waals surface area contributed by atoms with Crippen LogP contribution in [-0.2, 0) is 6.54 Å². The van der Waals surface area contributed by atoms with Crippen molar-refractivity contribution in [2.24, 2.45) is 4.99 Å². The Morgan fingerprint density at radius 2 is 2.05 bits per heavy atom. The highest BCUT2D eigenvalue weighted by atomic mass is 127. The minimum atomic E-state index is 0. The van der Waals surface area contributed by atoms with E-state index in [4.69, 9.17) is 16.3 Å². The normalized spacial score (nSPS) is 10.8. The van der Waals surface area contributed by atoms with Gasteiger partial charge in [-0.25, -0.2) is 0 Å². The van der Waals surface area contributed by atoms with Crippen LogP contribution in [0.5, 0.6) is 5.75 Å². The van der Waals surface area contributed by atoms with E-state index in [0.717, 1.165) is 36.7 Å². The van der Waals surface area contributed by atoms with Crippen molar-refractivity contribution >= 4 is 41.5 Å². The van der Waals surface area contributed by atoms with Gasteiger partial charge in [0.2, 0.25) is 0 Å². The molecule has 0 aliphatic rings. The molecule has 0 saturated carbocycles. The Morgan fingerprint density at radius 3 is 2.67 bits per heavy atom. The van der Waals surface area contributed by atoms with Crippen LogP contribution in [0.25, 0.3) is 0 Å². The summed E-state index contributed by atoms with van der Waals surface area (Å²) in [5.74, 6) is 1.62. The number of hydrogen-bond donors (Lipinski definition) is 2. The van der Waals surface area contributed by atoms with Gasteiger partial charge in [0, 0.05) is 30.7 Å². The fourth-order valence-electron chi connectivity index (χ4n) is 1.75. The molecule has 0 aromatic heterocycles. The minimum Gasteiger partial charge on any atom is -0.493 e.